The maximum Gasteiger partial charge on any atom is 0.259 e. The van der Waals surface area contributed by atoms with Gasteiger partial charge in [-0.3, -0.25) is 4.79 Å². The summed E-state index contributed by atoms with van der Waals surface area (Å²) >= 11 is 0. The zero-order chi connectivity index (χ0) is 13.7. The molecule has 1 aliphatic rings. The van der Waals surface area contributed by atoms with E-state index in [4.69, 9.17) is 4.74 Å². The van der Waals surface area contributed by atoms with E-state index in [9.17, 15) is 4.79 Å². The van der Waals surface area contributed by atoms with Gasteiger partial charge in [0.25, 0.3) is 5.91 Å². The Labute approximate surface area is 126 Å². The van der Waals surface area contributed by atoms with Gasteiger partial charge in [0.1, 0.15) is 5.75 Å². The number of nitrogens with zero attached hydrogens (tertiary/aromatic N) is 1. The molecule has 0 bridgehead atoms. The predicted molar refractivity (Wildman–Crippen MR) is 82.7 cm³/mol. The lowest BCUT2D eigenvalue weighted by atomic mass is 9.89. The molecule has 1 saturated heterocycles. The van der Waals surface area contributed by atoms with Crippen LogP contribution in [0.15, 0.2) is 24.3 Å². The number of hydrogen-bond donors (Lipinski definition) is 1. The molecule has 0 unspecified atom stereocenters. The number of carbonyl (C=O) groups excluding carboxylic acids is 1. The summed E-state index contributed by atoms with van der Waals surface area (Å²) in [4.78, 5) is 13.1. The van der Waals surface area contributed by atoms with Gasteiger partial charge in [-0.2, -0.15) is 0 Å². The Morgan fingerprint density at radius 2 is 1.95 bits per heavy atom. The molecule has 1 aromatic carbocycles. The second-order valence-electron chi connectivity index (χ2n) is 5.14. The summed E-state index contributed by atoms with van der Waals surface area (Å²) in [6.45, 7) is 2.21. The fraction of sp³-hybridized carbons (Fsp3) is 0.533. The van der Waals surface area contributed by atoms with Crippen LogP contribution in [-0.4, -0.2) is 44.6 Å². The van der Waals surface area contributed by atoms with Crippen LogP contribution in [0.4, 0.5) is 0 Å². The number of para-hydroxylation sites is 1. The van der Waals surface area contributed by atoms with Crippen molar-refractivity contribution in [3.05, 3.63) is 29.8 Å². The molecule has 0 aromatic heterocycles. The molecule has 1 aromatic rings. The van der Waals surface area contributed by atoms with Gasteiger partial charge in [0.05, 0.1) is 0 Å². The number of halogens is 1. The fourth-order valence-corrected chi connectivity index (χ4v) is 2.35. The van der Waals surface area contributed by atoms with Gasteiger partial charge in [-0.25, -0.2) is 0 Å². The van der Waals surface area contributed by atoms with Crippen LogP contribution in [0.25, 0.3) is 0 Å². The van der Waals surface area contributed by atoms with Gasteiger partial charge in [0, 0.05) is 14.1 Å². The molecule has 20 heavy (non-hydrogen) atoms. The lowest BCUT2D eigenvalue weighted by Crippen LogP contribution is -2.29. The van der Waals surface area contributed by atoms with Crippen molar-refractivity contribution in [2.24, 2.45) is 0 Å². The number of likely N-dealkylation sites (N-methyl/N-ethyl adjacent to an activating group) is 1. The van der Waals surface area contributed by atoms with Gasteiger partial charge in [0.2, 0.25) is 0 Å². The summed E-state index contributed by atoms with van der Waals surface area (Å²) in [7, 11) is 3.48. The maximum atomic E-state index is 11.6. The van der Waals surface area contributed by atoms with Crippen molar-refractivity contribution in [3.8, 4) is 5.75 Å². The topological polar surface area (TPSA) is 41.6 Å². The maximum absolute atomic E-state index is 11.6. The highest BCUT2D eigenvalue weighted by atomic mass is 35.5. The van der Waals surface area contributed by atoms with Gasteiger partial charge in [-0.1, -0.05) is 18.2 Å². The number of carbonyl (C=O) groups is 1. The molecule has 0 aliphatic carbocycles. The Morgan fingerprint density at radius 1 is 1.30 bits per heavy atom. The highest BCUT2D eigenvalue weighted by Crippen LogP contribution is 2.32. The molecule has 1 aliphatic heterocycles. The molecule has 1 amide bonds. The molecule has 0 atom stereocenters. The number of piperidine rings is 1. The minimum Gasteiger partial charge on any atom is -0.483 e. The Bertz CT molecular complexity index is 432. The molecule has 0 spiro atoms. The molecular formula is C15H23ClN2O2. The lowest BCUT2D eigenvalue weighted by molar-refractivity contribution is -0.130. The van der Waals surface area contributed by atoms with Crippen LogP contribution in [0.5, 0.6) is 5.75 Å². The summed E-state index contributed by atoms with van der Waals surface area (Å²) in [5.41, 5.74) is 1.23. The van der Waals surface area contributed by atoms with E-state index < -0.39 is 0 Å². The molecule has 0 radical (unpaired) electrons. The molecule has 1 fully saturated rings. The van der Waals surface area contributed by atoms with E-state index in [1.165, 1.54) is 5.56 Å². The number of hydrogen-bond acceptors (Lipinski definition) is 3. The van der Waals surface area contributed by atoms with Crippen molar-refractivity contribution in [2.45, 2.75) is 18.8 Å². The van der Waals surface area contributed by atoms with E-state index in [0.717, 1.165) is 31.7 Å². The van der Waals surface area contributed by atoms with Gasteiger partial charge in [0.15, 0.2) is 6.61 Å². The Morgan fingerprint density at radius 3 is 2.60 bits per heavy atom. The second kappa shape index (κ2) is 8.12. The normalized spacial score (nSPS) is 15.3. The molecule has 112 valence electrons. The average molecular weight is 299 g/mol. The minimum atomic E-state index is -0.0138. The first-order chi connectivity index (χ1) is 9.18. The third-order valence-electron chi connectivity index (χ3n) is 3.55. The summed E-state index contributed by atoms with van der Waals surface area (Å²) in [5, 5.41) is 3.37. The predicted octanol–water partition coefficient (Wildman–Crippen LogP) is 2.04. The van der Waals surface area contributed by atoms with Crippen LogP contribution in [-0.2, 0) is 4.79 Å². The Kier molecular flexibility index (Phi) is 6.82. The van der Waals surface area contributed by atoms with Gasteiger partial charge < -0.3 is 15.0 Å². The molecule has 2 rings (SSSR count). The van der Waals surface area contributed by atoms with E-state index in [1.54, 1.807) is 19.0 Å². The van der Waals surface area contributed by atoms with Crippen molar-refractivity contribution >= 4 is 18.3 Å². The highest BCUT2D eigenvalue weighted by Gasteiger charge is 2.19. The van der Waals surface area contributed by atoms with Crippen LogP contribution in [0, 0.1) is 0 Å². The third kappa shape index (κ3) is 4.39. The number of ether oxygens (including phenoxy) is 1. The van der Waals surface area contributed by atoms with E-state index >= 15 is 0 Å². The molecule has 5 heteroatoms. The quantitative estimate of drug-likeness (QED) is 0.925. The molecule has 4 nitrogen and oxygen atoms in total. The van der Waals surface area contributed by atoms with Crippen LogP contribution >= 0.6 is 12.4 Å². The zero-order valence-electron chi connectivity index (χ0n) is 12.1. The summed E-state index contributed by atoms with van der Waals surface area (Å²) in [6, 6.07) is 8.07. The van der Waals surface area contributed by atoms with Crippen molar-refractivity contribution in [1.82, 2.24) is 10.2 Å². The Hall–Kier alpha value is -1.26. The monoisotopic (exact) mass is 298 g/mol. The highest BCUT2D eigenvalue weighted by molar-refractivity contribution is 5.85. The van der Waals surface area contributed by atoms with Gasteiger partial charge >= 0.3 is 0 Å². The first-order valence-corrected chi connectivity index (χ1v) is 6.81. The molecule has 1 N–H and O–H groups in total. The number of nitrogens with one attached hydrogen (secondary N) is 1. The van der Waals surface area contributed by atoms with Crippen LogP contribution in [0.1, 0.15) is 24.3 Å². The van der Waals surface area contributed by atoms with Crippen molar-refractivity contribution < 1.29 is 9.53 Å². The number of amides is 1. The van der Waals surface area contributed by atoms with E-state index in [0.29, 0.717) is 5.92 Å². The zero-order valence-corrected chi connectivity index (χ0v) is 12.9. The summed E-state index contributed by atoms with van der Waals surface area (Å²) in [5.74, 6) is 1.37. The summed E-state index contributed by atoms with van der Waals surface area (Å²) < 4.78 is 5.70. The second-order valence-corrected chi connectivity index (χ2v) is 5.14. The molecule has 1 heterocycles. The average Bonchev–Trinajstić information content (AvgIpc) is 2.46. The van der Waals surface area contributed by atoms with Crippen LogP contribution < -0.4 is 10.1 Å². The van der Waals surface area contributed by atoms with Crippen LogP contribution in [0.2, 0.25) is 0 Å². The molecular weight excluding hydrogens is 276 g/mol. The Balaban J connectivity index is 0.00000200. The van der Waals surface area contributed by atoms with Gasteiger partial charge in [-0.05, 0) is 43.5 Å². The number of rotatable bonds is 4. The largest absolute Gasteiger partial charge is 0.483 e. The minimum absolute atomic E-state index is 0. The van der Waals surface area contributed by atoms with Crippen molar-refractivity contribution in [2.75, 3.05) is 33.8 Å². The first-order valence-electron chi connectivity index (χ1n) is 6.81. The standard InChI is InChI=1S/C15H22N2O2.ClH/c1-17(2)15(18)11-19-14-6-4-3-5-13(14)12-7-9-16-10-8-12;/h3-6,12,16H,7-11H2,1-2H3;1H. The van der Waals surface area contributed by atoms with Crippen molar-refractivity contribution in [3.63, 3.8) is 0 Å². The third-order valence-corrected chi connectivity index (χ3v) is 3.55. The van der Waals surface area contributed by atoms with E-state index in [1.807, 2.05) is 18.2 Å². The van der Waals surface area contributed by atoms with Crippen LogP contribution in [0.3, 0.4) is 0 Å². The molecule has 0 saturated carbocycles. The lowest BCUT2D eigenvalue weighted by Gasteiger charge is -2.25. The van der Waals surface area contributed by atoms with Gasteiger partial charge in [-0.15, -0.1) is 12.4 Å². The first kappa shape index (κ1) is 16.8. The van der Waals surface area contributed by atoms with E-state index in [-0.39, 0.29) is 24.9 Å². The number of benzene rings is 1. The van der Waals surface area contributed by atoms with Crippen molar-refractivity contribution in [1.29, 1.82) is 0 Å². The smallest absolute Gasteiger partial charge is 0.259 e. The van der Waals surface area contributed by atoms with E-state index in [2.05, 4.69) is 11.4 Å². The SMILES string of the molecule is CN(C)C(=O)COc1ccccc1C1CCNCC1.Cl. The fourth-order valence-electron chi connectivity index (χ4n) is 2.35. The summed E-state index contributed by atoms with van der Waals surface area (Å²) in [6.07, 6.45) is 2.25.